The Balaban J connectivity index is 0.00000324. The van der Waals surface area contributed by atoms with E-state index in [0.717, 1.165) is 36.7 Å². The van der Waals surface area contributed by atoms with Crippen LogP contribution < -0.4 is 4.90 Å². The summed E-state index contributed by atoms with van der Waals surface area (Å²) in [7, 11) is -3.44. The normalized spacial score (nSPS) is 15.0. The highest BCUT2D eigenvalue weighted by molar-refractivity contribution is 7.90. The minimum absolute atomic E-state index is 0. The number of aromatic nitrogens is 3. The molecule has 0 amide bonds. The molecular weight excluding hydrogens is 484 g/mol. The number of piperazine rings is 1. The van der Waals surface area contributed by atoms with Crippen molar-refractivity contribution in [2.45, 2.75) is 11.8 Å². The van der Waals surface area contributed by atoms with Crippen molar-refractivity contribution in [3.8, 4) is 5.82 Å². The third-order valence-electron chi connectivity index (χ3n) is 5.64. The molecular formula is C23H26ClF2N5O2S. The van der Waals surface area contributed by atoms with Crippen LogP contribution in [0, 0.1) is 18.6 Å². The van der Waals surface area contributed by atoms with E-state index < -0.39 is 21.5 Å². The van der Waals surface area contributed by atoms with Crippen LogP contribution in [0.5, 0.6) is 0 Å². The van der Waals surface area contributed by atoms with Crippen molar-refractivity contribution < 1.29 is 17.2 Å². The Morgan fingerprint density at radius 1 is 1.09 bits per heavy atom. The molecule has 0 unspecified atom stereocenters. The first kappa shape index (κ1) is 25.8. The number of hydrogen-bond donors (Lipinski definition) is 0. The van der Waals surface area contributed by atoms with Crippen LogP contribution in [0.1, 0.15) is 11.3 Å². The summed E-state index contributed by atoms with van der Waals surface area (Å²) in [6.07, 6.45) is 8.36. The zero-order valence-electron chi connectivity index (χ0n) is 18.9. The van der Waals surface area contributed by atoms with Gasteiger partial charge in [0.05, 0.1) is 11.9 Å². The Hall–Kier alpha value is -2.82. The molecule has 0 bridgehead atoms. The number of hydrogen-bond acceptors (Lipinski definition) is 6. The molecule has 1 aliphatic rings. The molecule has 0 spiro atoms. The molecule has 0 radical (unpaired) electrons. The van der Waals surface area contributed by atoms with Crippen LogP contribution in [0.15, 0.2) is 53.7 Å². The number of pyridine rings is 1. The van der Waals surface area contributed by atoms with Gasteiger partial charge in [-0.05, 0) is 31.2 Å². The predicted octanol–water partition coefficient (Wildman–Crippen LogP) is 3.51. The summed E-state index contributed by atoms with van der Waals surface area (Å²) in [4.78, 5) is 8.58. The van der Waals surface area contributed by atoms with Gasteiger partial charge < -0.3 is 4.90 Å². The third kappa shape index (κ3) is 5.81. The summed E-state index contributed by atoms with van der Waals surface area (Å²) < 4.78 is 52.7. The Morgan fingerprint density at radius 2 is 1.76 bits per heavy atom. The van der Waals surface area contributed by atoms with Crippen LogP contribution in [0.2, 0.25) is 0 Å². The molecule has 3 heterocycles. The molecule has 11 heteroatoms. The van der Waals surface area contributed by atoms with Crippen LogP contribution in [0.25, 0.3) is 11.9 Å². The van der Waals surface area contributed by atoms with Gasteiger partial charge in [-0.25, -0.2) is 26.9 Å². The van der Waals surface area contributed by atoms with Gasteiger partial charge in [0.2, 0.25) is 0 Å². The van der Waals surface area contributed by atoms with E-state index in [1.54, 1.807) is 18.5 Å². The quantitative estimate of drug-likeness (QED) is 0.506. The molecule has 1 fully saturated rings. The van der Waals surface area contributed by atoms with Crippen molar-refractivity contribution in [3.63, 3.8) is 0 Å². The van der Waals surface area contributed by atoms with Crippen molar-refractivity contribution in [3.05, 3.63) is 71.7 Å². The molecule has 3 aromatic rings. The van der Waals surface area contributed by atoms with Crippen molar-refractivity contribution in [1.82, 2.24) is 19.7 Å². The SMILES string of the molecule is Cc1c(/C=C/CN2CCN(c3cc(F)cc(F)c3)CC2)cnn1-c1ncccc1S(C)(=O)=O.Cl. The van der Waals surface area contributed by atoms with Gasteiger partial charge in [0, 0.05) is 62.5 Å². The van der Waals surface area contributed by atoms with Gasteiger partial charge in [-0.1, -0.05) is 12.2 Å². The fourth-order valence-electron chi connectivity index (χ4n) is 3.87. The second-order valence-corrected chi connectivity index (χ2v) is 10.00. The second kappa shape index (κ2) is 10.6. The van der Waals surface area contributed by atoms with Gasteiger partial charge in [0.1, 0.15) is 16.5 Å². The number of nitrogens with zero attached hydrogens (tertiary/aromatic N) is 5. The Kier molecular flexibility index (Phi) is 8.06. The summed E-state index contributed by atoms with van der Waals surface area (Å²) in [5.41, 5.74) is 2.22. The van der Waals surface area contributed by atoms with Gasteiger partial charge in [-0.15, -0.1) is 12.4 Å². The largest absolute Gasteiger partial charge is 0.369 e. The first-order valence-corrected chi connectivity index (χ1v) is 12.4. The minimum atomic E-state index is -3.44. The fraction of sp³-hybridized carbons (Fsp3) is 0.304. The second-order valence-electron chi connectivity index (χ2n) is 8.01. The van der Waals surface area contributed by atoms with Gasteiger partial charge in [0.25, 0.3) is 0 Å². The van der Waals surface area contributed by atoms with E-state index in [4.69, 9.17) is 0 Å². The van der Waals surface area contributed by atoms with E-state index in [2.05, 4.69) is 15.0 Å². The Bertz CT molecular complexity index is 1270. The van der Waals surface area contributed by atoms with Crippen molar-refractivity contribution in [2.24, 2.45) is 0 Å². The van der Waals surface area contributed by atoms with Gasteiger partial charge >= 0.3 is 0 Å². The summed E-state index contributed by atoms with van der Waals surface area (Å²) in [6, 6.07) is 6.70. The smallest absolute Gasteiger partial charge is 0.179 e. The predicted molar refractivity (Wildman–Crippen MR) is 130 cm³/mol. The van der Waals surface area contributed by atoms with E-state index in [1.165, 1.54) is 22.9 Å². The zero-order valence-corrected chi connectivity index (χ0v) is 20.5. The average Bonchev–Trinajstić information content (AvgIpc) is 3.13. The molecule has 0 N–H and O–H groups in total. The molecule has 1 saturated heterocycles. The molecule has 0 aliphatic carbocycles. The number of benzene rings is 1. The van der Waals surface area contributed by atoms with E-state index in [0.29, 0.717) is 25.3 Å². The lowest BCUT2D eigenvalue weighted by molar-refractivity contribution is 0.284. The van der Waals surface area contributed by atoms with Crippen LogP contribution in [-0.4, -0.2) is 67.1 Å². The summed E-state index contributed by atoms with van der Waals surface area (Å²) in [5.74, 6) is -0.858. The molecule has 182 valence electrons. The first-order chi connectivity index (χ1) is 15.7. The summed E-state index contributed by atoms with van der Waals surface area (Å²) in [6.45, 7) is 5.49. The molecule has 34 heavy (non-hydrogen) atoms. The molecule has 1 aromatic carbocycles. The van der Waals surface area contributed by atoms with Crippen LogP contribution in [0.4, 0.5) is 14.5 Å². The van der Waals surface area contributed by atoms with Crippen LogP contribution in [-0.2, 0) is 9.84 Å². The highest BCUT2D eigenvalue weighted by Gasteiger charge is 2.19. The minimum Gasteiger partial charge on any atom is -0.369 e. The van der Waals surface area contributed by atoms with Gasteiger partial charge in [0.15, 0.2) is 15.7 Å². The topological polar surface area (TPSA) is 71.3 Å². The van der Waals surface area contributed by atoms with Crippen molar-refractivity contribution in [2.75, 3.05) is 43.9 Å². The molecule has 2 aromatic heterocycles. The fourth-order valence-corrected chi connectivity index (χ4v) is 4.67. The molecule has 0 atom stereocenters. The highest BCUT2D eigenvalue weighted by atomic mass is 35.5. The number of sulfone groups is 1. The third-order valence-corrected chi connectivity index (χ3v) is 6.76. The van der Waals surface area contributed by atoms with Gasteiger partial charge in [-0.3, -0.25) is 4.90 Å². The van der Waals surface area contributed by atoms with Crippen molar-refractivity contribution >= 4 is 34.0 Å². The molecule has 7 nitrogen and oxygen atoms in total. The number of rotatable bonds is 6. The highest BCUT2D eigenvalue weighted by Crippen LogP contribution is 2.21. The van der Waals surface area contributed by atoms with Gasteiger partial charge in [-0.2, -0.15) is 5.10 Å². The maximum absolute atomic E-state index is 13.5. The van der Waals surface area contributed by atoms with E-state index in [9.17, 15) is 17.2 Å². The standard InChI is InChI=1S/C23H25F2N5O2S.ClH/c1-17-18(16-27-30(17)23-22(33(2,31)32)6-3-7-26-23)5-4-8-28-9-11-29(12-10-28)21-14-19(24)13-20(25)15-21;/h3-7,13-16H,8-12H2,1-2H3;1H/b5-4+;. The van der Waals surface area contributed by atoms with E-state index in [-0.39, 0.29) is 23.1 Å². The Labute approximate surface area is 204 Å². The number of halogens is 3. The summed E-state index contributed by atoms with van der Waals surface area (Å²) >= 11 is 0. The lowest BCUT2D eigenvalue weighted by atomic mass is 10.2. The van der Waals surface area contributed by atoms with Crippen LogP contribution in [0.3, 0.4) is 0 Å². The summed E-state index contributed by atoms with van der Waals surface area (Å²) in [5, 5.41) is 4.34. The van der Waals surface area contributed by atoms with Crippen molar-refractivity contribution in [1.29, 1.82) is 0 Å². The van der Waals surface area contributed by atoms with Crippen LogP contribution >= 0.6 is 12.4 Å². The maximum Gasteiger partial charge on any atom is 0.179 e. The molecule has 4 rings (SSSR count). The molecule has 0 saturated carbocycles. The lowest BCUT2D eigenvalue weighted by Gasteiger charge is -2.35. The first-order valence-electron chi connectivity index (χ1n) is 10.5. The van der Waals surface area contributed by atoms with E-state index >= 15 is 0 Å². The molecule has 1 aliphatic heterocycles. The monoisotopic (exact) mass is 509 g/mol. The maximum atomic E-state index is 13.5. The zero-order chi connectivity index (χ0) is 23.6. The average molecular weight is 510 g/mol. The Morgan fingerprint density at radius 3 is 2.41 bits per heavy atom. The lowest BCUT2D eigenvalue weighted by Crippen LogP contribution is -2.46. The van der Waals surface area contributed by atoms with E-state index in [1.807, 2.05) is 24.0 Å². The number of anilines is 1.